The summed E-state index contributed by atoms with van der Waals surface area (Å²) >= 11 is 6.06. The molecule has 3 N–H and O–H groups in total. The van der Waals surface area contributed by atoms with Crippen LogP contribution in [0.15, 0.2) is 34.9 Å². The molecule has 21 heavy (non-hydrogen) atoms. The van der Waals surface area contributed by atoms with Crippen LogP contribution in [0.5, 0.6) is 5.75 Å². The topological polar surface area (TPSA) is 77.1 Å². The SMILES string of the molecule is COc1ccc(C)cc1-c1c(N)n[nH]c1-c1ccoc1Cl. The summed E-state index contributed by atoms with van der Waals surface area (Å²) in [5, 5.41) is 7.29. The van der Waals surface area contributed by atoms with E-state index in [9.17, 15) is 0 Å². The quantitative estimate of drug-likeness (QED) is 0.769. The second-order valence-corrected chi connectivity index (χ2v) is 5.01. The maximum absolute atomic E-state index is 6.06. The molecule has 0 atom stereocenters. The Morgan fingerprint density at radius 1 is 1.29 bits per heavy atom. The Balaban J connectivity index is 2.27. The van der Waals surface area contributed by atoms with Crippen LogP contribution in [-0.2, 0) is 0 Å². The molecule has 2 aromatic heterocycles. The van der Waals surface area contributed by atoms with Crippen molar-refractivity contribution in [3.63, 3.8) is 0 Å². The number of H-pyrrole nitrogens is 1. The molecule has 0 radical (unpaired) electrons. The van der Waals surface area contributed by atoms with E-state index in [4.69, 9.17) is 26.5 Å². The molecule has 0 saturated heterocycles. The molecule has 6 heteroatoms. The number of aromatic amines is 1. The van der Waals surface area contributed by atoms with Gasteiger partial charge in [0.25, 0.3) is 0 Å². The van der Waals surface area contributed by atoms with Gasteiger partial charge in [0.2, 0.25) is 5.22 Å². The van der Waals surface area contributed by atoms with Crippen molar-refractivity contribution in [2.45, 2.75) is 6.92 Å². The largest absolute Gasteiger partial charge is 0.496 e. The highest BCUT2D eigenvalue weighted by Gasteiger charge is 2.21. The number of benzene rings is 1. The number of aryl methyl sites for hydroxylation is 1. The summed E-state index contributed by atoms with van der Waals surface area (Å²) in [6.07, 6.45) is 1.52. The highest BCUT2D eigenvalue weighted by Crippen LogP contribution is 2.42. The molecule has 0 spiro atoms. The molecule has 2 heterocycles. The number of ether oxygens (including phenoxy) is 1. The molecule has 108 valence electrons. The molecule has 0 aliphatic rings. The number of nitrogens with two attached hydrogens (primary N) is 1. The Morgan fingerprint density at radius 2 is 2.10 bits per heavy atom. The van der Waals surface area contributed by atoms with E-state index in [0.717, 1.165) is 22.4 Å². The number of nitrogen functional groups attached to an aromatic ring is 1. The molecule has 0 aliphatic heterocycles. The summed E-state index contributed by atoms with van der Waals surface area (Å²) in [5.74, 6) is 1.10. The summed E-state index contributed by atoms with van der Waals surface area (Å²) in [7, 11) is 1.62. The highest BCUT2D eigenvalue weighted by atomic mass is 35.5. The third-order valence-corrected chi connectivity index (χ3v) is 3.60. The molecule has 5 nitrogen and oxygen atoms in total. The predicted molar refractivity (Wildman–Crippen MR) is 82.4 cm³/mol. The minimum Gasteiger partial charge on any atom is -0.496 e. The van der Waals surface area contributed by atoms with Crippen molar-refractivity contribution in [1.29, 1.82) is 0 Å². The molecular formula is C15H14ClN3O2. The molecular weight excluding hydrogens is 290 g/mol. The van der Waals surface area contributed by atoms with Crippen molar-refractivity contribution in [1.82, 2.24) is 10.2 Å². The average Bonchev–Trinajstić information content (AvgIpc) is 3.04. The van der Waals surface area contributed by atoms with E-state index >= 15 is 0 Å². The number of nitrogens with zero attached hydrogens (tertiary/aromatic N) is 1. The summed E-state index contributed by atoms with van der Waals surface area (Å²) in [5.41, 5.74) is 10.1. The van der Waals surface area contributed by atoms with Gasteiger partial charge in [0, 0.05) is 5.56 Å². The van der Waals surface area contributed by atoms with Crippen LogP contribution >= 0.6 is 11.6 Å². The Morgan fingerprint density at radius 3 is 2.76 bits per heavy atom. The van der Waals surface area contributed by atoms with Gasteiger partial charge in [0.15, 0.2) is 5.82 Å². The van der Waals surface area contributed by atoms with Crippen molar-refractivity contribution >= 4 is 17.4 Å². The summed E-state index contributed by atoms with van der Waals surface area (Å²) in [4.78, 5) is 0. The number of aromatic nitrogens is 2. The zero-order chi connectivity index (χ0) is 15.0. The highest BCUT2D eigenvalue weighted by molar-refractivity contribution is 6.31. The number of hydrogen-bond donors (Lipinski definition) is 2. The van der Waals surface area contributed by atoms with Gasteiger partial charge >= 0.3 is 0 Å². The standard InChI is InChI=1S/C15H14ClN3O2/c1-8-3-4-11(20-2)10(7-8)12-13(18-19-15(12)17)9-5-6-21-14(9)16/h3-7H,1-2H3,(H3,17,18,19). The fourth-order valence-electron chi connectivity index (χ4n) is 2.31. The summed E-state index contributed by atoms with van der Waals surface area (Å²) < 4.78 is 10.6. The first-order chi connectivity index (χ1) is 10.1. The lowest BCUT2D eigenvalue weighted by atomic mass is 9.99. The molecule has 0 amide bonds. The first kappa shape index (κ1) is 13.6. The smallest absolute Gasteiger partial charge is 0.202 e. The van der Waals surface area contributed by atoms with E-state index in [1.54, 1.807) is 13.2 Å². The van der Waals surface area contributed by atoms with E-state index in [1.807, 2.05) is 25.1 Å². The fraction of sp³-hybridized carbons (Fsp3) is 0.133. The molecule has 3 rings (SSSR count). The number of anilines is 1. The van der Waals surface area contributed by atoms with Crippen LogP contribution in [0.25, 0.3) is 22.4 Å². The van der Waals surface area contributed by atoms with Crippen LogP contribution in [0, 0.1) is 6.92 Å². The molecule has 1 aromatic carbocycles. The number of furan rings is 1. The first-order valence-electron chi connectivity index (χ1n) is 6.34. The Hall–Kier alpha value is -2.40. The molecule has 0 fully saturated rings. The van der Waals surface area contributed by atoms with E-state index < -0.39 is 0 Å². The molecule has 0 bridgehead atoms. The van der Waals surface area contributed by atoms with Crippen molar-refractivity contribution in [2.75, 3.05) is 12.8 Å². The van der Waals surface area contributed by atoms with Crippen molar-refractivity contribution in [3.05, 3.63) is 41.3 Å². The van der Waals surface area contributed by atoms with Gasteiger partial charge in [0.05, 0.1) is 30.2 Å². The number of halogens is 1. The van der Waals surface area contributed by atoms with Gasteiger partial charge in [-0.3, -0.25) is 5.10 Å². The zero-order valence-corrected chi connectivity index (χ0v) is 12.4. The maximum Gasteiger partial charge on any atom is 0.202 e. The van der Waals surface area contributed by atoms with Gasteiger partial charge < -0.3 is 14.9 Å². The number of rotatable bonds is 3. The minimum absolute atomic E-state index is 0.284. The first-order valence-corrected chi connectivity index (χ1v) is 6.72. The fourth-order valence-corrected chi connectivity index (χ4v) is 2.52. The second kappa shape index (κ2) is 5.18. The van der Waals surface area contributed by atoms with E-state index in [-0.39, 0.29) is 5.22 Å². The van der Waals surface area contributed by atoms with Crippen molar-refractivity contribution in [2.24, 2.45) is 0 Å². The van der Waals surface area contributed by atoms with Crippen LogP contribution in [0.4, 0.5) is 5.82 Å². The second-order valence-electron chi connectivity index (χ2n) is 4.67. The lowest BCUT2D eigenvalue weighted by molar-refractivity contribution is 0.416. The molecule has 3 aromatic rings. The van der Waals surface area contributed by atoms with Gasteiger partial charge in [-0.05, 0) is 36.7 Å². The molecule has 0 saturated carbocycles. The van der Waals surface area contributed by atoms with Crippen LogP contribution in [0.1, 0.15) is 5.56 Å². The Kier molecular flexibility index (Phi) is 3.35. The van der Waals surface area contributed by atoms with E-state index in [0.29, 0.717) is 17.1 Å². The Labute approximate surface area is 126 Å². The van der Waals surface area contributed by atoms with Gasteiger partial charge in [-0.2, -0.15) is 5.10 Å². The summed E-state index contributed by atoms with van der Waals surface area (Å²) in [6.45, 7) is 2.00. The van der Waals surface area contributed by atoms with Gasteiger partial charge in [-0.15, -0.1) is 0 Å². The Bertz CT molecular complexity index is 792. The zero-order valence-electron chi connectivity index (χ0n) is 11.6. The number of hydrogen-bond acceptors (Lipinski definition) is 4. The van der Waals surface area contributed by atoms with Crippen molar-refractivity contribution in [3.8, 4) is 28.1 Å². The monoisotopic (exact) mass is 303 g/mol. The van der Waals surface area contributed by atoms with Gasteiger partial charge in [0.1, 0.15) is 5.75 Å². The number of methoxy groups -OCH3 is 1. The van der Waals surface area contributed by atoms with Crippen LogP contribution < -0.4 is 10.5 Å². The third kappa shape index (κ3) is 2.25. The molecule has 0 aliphatic carbocycles. The predicted octanol–water partition coefficient (Wildman–Crippen LogP) is 3.89. The van der Waals surface area contributed by atoms with E-state index in [2.05, 4.69) is 10.2 Å². The average molecular weight is 304 g/mol. The van der Waals surface area contributed by atoms with Crippen LogP contribution in [-0.4, -0.2) is 17.3 Å². The van der Waals surface area contributed by atoms with Crippen LogP contribution in [0.3, 0.4) is 0 Å². The van der Waals surface area contributed by atoms with E-state index in [1.165, 1.54) is 6.26 Å². The molecule has 0 unspecified atom stereocenters. The normalized spacial score (nSPS) is 10.8. The summed E-state index contributed by atoms with van der Waals surface area (Å²) in [6, 6.07) is 7.64. The number of nitrogens with one attached hydrogen (secondary N) is 1. The lowest BCUT2D eigenvalue weighted by Gasteiger charge is -2.10. The lowest BCUT2D eigenvalue weighted by Crippen LogP contribution is -1.93. The van der Waals surface area contributed by atoms with Gasteiger partial charge in [-0.25, -0.2) is 0 Å². The maximum atomic E-state index is 6.06. The van der Waals surface area contributed by atoms with Gasteiger partial charge in [-0.1, -0.05) is 11.6 Å². The third-order valence-electron chi connectivity index (χ3n) is 3.31. The minimum atomic E-state index is 0.284. The van der Waals surface area contributed by atoms with Crippen LogP contribution in [0.2, 0.25) is 5.22 Å². The van der Waals surface area contributed by atoms with Crippen molar-refractivity contribution < 1.29 is 9.15 Å².